The Morgan fingerprint density at radius 3 is 0.926 bits per heavy atom. The Labute approximate surface area is 410 Å². The summed E-state index contributed by atoms with van der Waals surface area (Å²) in [4.78, 5) is 92.3. The number of carbonyl (C=O) groups is 7. The standard InChI is InChI=1S/C53H95NO14/c1-6-9-12-22-33-46(55)62-38-27-15-17-30-41-65-50(59)44-53(68-49(58)36-25-21-26-37-54(4)5,52(61)67-43-32-20-19-29-40-64-48(57)35-24-14-11-8-3)45-51(60)66-42-31-18-16-28-39-63-47(56)34-23-13-10-7-2/h6-45H2,1-5H3. The number of hydrogen-bond donors (Lipinski definition) is 0. The lowest BCUT2D eigenvalue weighted by atomic mass is 9.94. The largest absolute Gasteiger partial charge is 0.466 e. The number of hydrogen-bond acceptors (Lipinski definition) is 15. The minimum absolute atomic E-state index is 0.0296. The van der Waals surface area contributed by atoms with Crippen LogP contribution < -0.4 is 0 Å². The van der Waals surface area contributed by atoms with Crippen LogP contribution in [0.3, 0.4) is 0 Å². The molecule has 0 bridgehead atoms. The molecule has 15 nitrogen and oxygen atoms in total. The molecule has 0 aromatic rings. The summed E-state index contributed by atoms with van der Waals surface area (Å²) in [7, 11) is 3.93. The van der Waals surface area contributed by atoms with Crippen LogP contribution in [-0.2, 0) is 66.7 Å². The molecule has 396 valence electrons. The molecular weight excluding hydrogens is 875 g/mol. The summed E-state index contributed by atoms with van der Waals surface area (Å²) < 4.78 is 38.5. The topological polar surface area (TPSA) is 187 Å². The SMILES string of the molecule is CCCCCCC(=O)OCCCCCCOC(=O)CC(CC(=O)OCCCCCCOC(=O)CCCCCC)(OC(=O)CCCCCN(C)C)C(=O)OCCCCCCOC(=O)CCCCCC. The number of ether oxygens (including phenoxy) is 7. The van der Waals surface area contributed by atoms with Gasteiger partial charge in [0, 0.05) is 25.7 Å². The fourth-order valence-electron chi connectivity index (χ4n) is 7.24. The molecule has 0 radical (unpaired) electrons. The van der Waals surface area contributed by atoms with Crippen LogP contribution in [0.5, 0.6) is 0 Å². The van der Waals surface area contributed by atoms with Gasteiger partial charge in [-0.05, 0) is 130 Å². The van der Waals surface area contributed by atoms with Gasteiger partial charge in [0.15, 0.2) is 0 Å². The summed E-state index contributed by atoms with van der Waals surface area (Å²) in [6.45, 7) is 8.21. The van der Waals surface area contributed by atoms with Gasteiger partial charge in [-0.15, -0.1) is 0 Å². The van der Waals surface area contributed by atoms with Gasteiger partial charge in [-0.2, -0.15) is 0 Å². The Balaban J connectivity index is 5.53. The molecule has 0 aliphatic rings. The maximum Gasteiger partial charge on any atom is 0.351 e. The van der Waals surface area contributed by atoms with Crippen LogP contribution in [0, 0.1) is 0 Å². The average molecular weight is 970 g/mol. The van der Waals surface area contributed by atoms with Gasteiger partial charge < -0.3 is 38.1 Å². The number of carbonyl (C=O) groups excluding carboxylic acids is 7. The van der Waals surface area contributed by atoms with E-state index in [0.29, 0.717) is 103 Å². The third-order valence-electron chi connectivity index (χ3n) is 11.4. The van der Waals surface area contributed by atoms with Crippen LogP contribution in [0.1, 0.15) is 233 Å². The zero-order valence-electron chi connectivity index (χ0n) is 43.4. The van der Waals surface area contributed by atoms with Crippen molar-refractivity contribution in [2.45, 2.75) is 238 Å². The van der Waals surface area contributed by atoms with Gasteiger partial charge in [0.2, 0.25) is 5.60 Å². The summed E-state index contributed by atoms with van der Waals surface area (Å²) >= 11 is 0. The number of unbranched alkanes of at least 4 members (excludes halogenated alkanes) is 20. The molecule has 0 aromatic heterocycles. The van der Waals surface area contributed by atoms with E-state index in [0.717, 1.165) is 116 Å². The van der Waals surface area contributed by atoms with Gasteiger partial charge in [-0.1, -0.05) is 85.0 Å². The van der Waals surface area contributed by atoms with E-state index < -0.39 is 42.3 Å². The summed E-state index contributed by atoms with van der Waals surface area (Å²) in [5, 5.41) is 0. The highest BCUT2D eigenvalue weighted by molar-refractivity contribution is 5.92. The zero-order valence-corrected chi connectivity index (χ0v) is 43.4. The third kappa shape index (κ3) is 40.2. The number of esters is 7. The molecule has 68 heavy (non-hydrogen) atoms. The summed E-state index contributed by atoms with van der Waals surface area (Å²) in [5.74, 6) is -3.99. The zero-order chi connectivity index (χ0) is 50.4. The first-order valence-corrected chi connectivity index (χ1v) is 26.7. The molecule has 0 heterocycles. The van der Waals surface area contributed by atoms with Gasteiger partial charge in [-0.3, -0.25) is 28.8 Å². The van der Waals surface area contributed by atoms with Crippen LogP contribution in [0.25, 0.3) is 0 Å². The van der Waals surface area contributed by atoms with Crippen molar-refractivity contribution in [2.75, 3.05) is 60.3 Å². The van der Waals surface area contributed by atoms with Crippen molar-refractivity contribution in [3.8, 4) is 0 Å². The molecule has 0 aliphatic carbocycles. The second-order valence-electron chi connectivity index (χ2n) is 18.3. The average Bonchev–Trinajstić information content (AvgIpc) is 3.30. The van der Waals surface area contributed by atoms with E-state index >= 15 is 0 Å². The fraction of sp³-hybridized carbons (Fsp3) is 0.868. The van der Waals surface area contributed by atoms with Gasteiger partial charge in [0.05, 0.1) is 52.5 Å². The number of rotatable bonds is 48. The first-order valence-electron chi connectivity index (χ1n) is 26.7. The molecule has 0 aliphatic heterocycles. The van der Waals surface area contributed by atoms with Gasteiger partial charge in [0.1, 0.15) is 0 Å². The molecule has 0 fully saturated rings. The van der Waals surface area contributed by atoms with E-state index in [4.69, 9.17) is 33.2 Å². The van der Waals surface area contributed by atoms with E-state index in [1.165, 1.54) is 0 Å². The van der Waals surface area contributed by atoms with Gasteiger partial charge >= 0.3 is 41.8 Å². The van der Waals surface area contributed by atoms with Gasteiger partial charge in [0.25, 0.3) is 0 Å². The van der Waals surface area contributed by atoms with E-state index in [-0.39, 0.29) is 44.1 Å². The predicted molar refractivity (Wildman–Crippen MR) is 263 cm³/mol. The maximum atomic E-state index is 14.0. The lowest BCUT2D eigenvalue weighted by Crippen LogP contribution is -2.48. The highest BCUT2D eigenvalue weighted by Gasteiger charge is 2.49. The van der Waals surface area contributed by atoms with Crippen molar-refractivity contribution >= 4 is 41.8 Å². The Kier molecular flexibility index (Phi) is 43.2. The molecule has 0 saturated heterocycles. The minimum Gasteiger partial charge on any atom is -0.466 e. The van der Waals surface area contributed by atoms with Crippen molar-refractivity contribution in [1.29, 1.82) is 0 Å². The molecule has 0 amide bonds. The molecule has 0 rings (SSSR count). The fourth-order valence-corrected chi connectivity index (χ4v) is 7.24. The first-order chi connectivity index (χ1) is 32.9. The lowest BCUT2D eigenvalue weighted by Gasteiger charge is -2.30. The Morgan fingerprint density at radius 2 is 0.603 bits per heavy atom. The van der Waals surface area contributed by atoms with Gasteiger partial charge in [-0.25, -0.2) is 4.79 Å². The normalized spacial score (nSPS) is 11.3. The quantitative estimate of drug-likeness (QED) is 0.0318. The summed E-state index contributed by atoms with van der Waals surface area (Å²) in [6.07, 6.45) is 21.8. The number of nitrogens with zero attached hydrogens (tertiary/aromatic N) is 1. The van der Waals surface area contributed by atoms with E-state index in [1.54, 1.807) is 0 Å². The molecule has 0 unspecified atom stereocenters. The van der Waals surface area contributed by atoms with Crippen molar-refractivity contribution in [3.63, 3.8) is 0 Å². The van der Waals surface area contributed by atoms with Crippen molar-refractivity contribution < 1.29 is 66.7 Å². The summed E-state index contributed by atoms with van der Waals surface area (Å²) in [5.41, 5.74) is -2.30. The minimum atomic E-state index is -2.30. The first kappa shape index (κ1) is 64.2. The van der Waals surface area contributed by atoms with Crippen LogP contribution in [0.2, 0.25) is 0 Å². The predicted octanol–water partition coefficient (Wildman–Crippen LogP) is 11.0. The smallest absolute Gasteiger partial charge is 0.351 e. The van der Waals surface area contributed by atoms with E-state index in [9.17, 15) is 33.6 Å². The van der Waals surface area contributed by atoms with Crippen LogP contribution in [-0.4, -0.2) is 113 Å². The van der Waals surface area contributed by atoms with Crippen molar-refractivity contribution in [2.24, 2.45) is 0 Å². The highest BCUT2D eigenvalue weighted by Crippen LogP contribution is 2.27. The maximum absolute atomic E-state index is 14.0. The second-order valence-corrected chi connectivity index (χ2v) is 18.3. The molecule has 0 saturated carbocycles. The molecule has 0 N–H and O–H groups in total. The monoisotopic (exact) mass is 970 g/mol. The molecule has 15 heteroatoms. The Hall–Kier alpha value is -3.75. The molecule has 0 aromatic carbocycles. The van der Waals surface area contributed by atoms with Crippen LogP contribution in [0.15, 0.2) is 0 Å². The molecule has 0 atom stereocenters. The van der Waals surface area contributed by atoms with E-state index in [2.05, 4.69) is 20.8 Å². The second kappa shape index (κ2) is 45.7. The molecular formula is C53H95NO14. The van der Waals surface area contributed by atoms with E-state index in [1.807, 2.05) is 19.0 Å². The van der Waals surface area contributed by atoms with Crippen molar-refractivity contribution in [3.05, 3.63) is 0 Å². The third-order valence-corrected chi connectivity index (χ3v) is 11.4. The van der Waals surface area contributed by atoms with Crippen LogP contribution >= 0.6 is 0 Å². The Morgan fingerprint density at radius 1 is 0.324 bits per heavy atom. The summed E-state index contributed by atoms with van der Waals surface area (Å²) in [6, 6.07) is 0. The Bertz CT molecular complexity index is 1270. The van der Waals surface area contributed by atoms with Crippen molar-refractivity contribution in [1.82, 2.24) is 4.90 Å². The lowest BCUT2D eigenvalue weighted by molar-refractivity contribution is -0.191. The molecule has 0 spiro atoms. The van der Waals surface area contributed by atoms with Crippen LogP contribution in [0.4, 0.5) is 0 Å². The highest BCUT2D eigenvalue weighted by atomic mass is 16.6.